The van der Waals surface area contributed by atoms with Crippen molar-refractivity contribution in [3.05, 3.63) is 16.9 Å². The molecule has 0 radical (unpaired) electrons. The molecular weight excluding hydrogens is 232 g/mol. The van der Waals surface area contributed by atoms with E-state index in [1.165, 1.54) is 6.20 Å². The fraction of sp³-hybridized carbons (Fsp3) is 0.600. The van der Waals surface area contributed by atoms with E-state index < -0.39 is 0 Å². The molecule has 0 atom stereocenters. The van der Waals surface area contributed by atoms with Gasteiger partial charge in [0.05, 0.1) is 17.0 Å². The molecule has 0 aliphatic heterocycles. The van der Waals surface area contributed by atoms with Gasteiger partial charge >= 0.3 is 0 Å². The molecule has 0 spiro atoms. The van der Waals surface area contributed by atoms with Crippen LogP contribution in [0.2, 0.25) is 5.02 Å². The molecule has 0 unspecified atom stereocenters. The molecule has 84 valence electrons. The van der Waals surface area contributed by atoms with Crippen molar-refractivity contribution in [2.75, 3.05) is 5.75 Å². The zero-order valence-corrected chi connectivity index (χ0v) is 10.7. The Balaban J connectivity index is 2.76. The number of nitrogens with zero attached hydrogens (tertiary/aromatic N) is 2. The Hall–Kier alpha value is -0.480. The molecule has 0 aliphatic rings. The van der Waals surface area contributed by atoms with Crippen LogP contribution in [0, 0.1) is 0 Å². The second-order valence-corrected chi connectivity index (χ2v) is 5.41. The molecule has 0 saturated heterocycles. The van der Waals surface area contributed by atoms with Crippen LogP contribution in [0.1, 0.15) is 31.3 Å². The maximum atomic E-state index is 11.8. The van der Waals surface area contributed by atoms with E-state index in [0.717, 1.165) is 0 Å². The Bertz CT molecular complexity index is 349. The smallest absolute Gasteiger partial charge is 0.192 e. The number of thioether (sulfide) groups is 1. The Labute approximate surface area is 99.2 Å². The summed E-state index contributed by atoms with van der Waals surface area (Å²) in [7, 11) is 0. The van der Waals surface area contributed by atoms with Gasteiger partial charge in [0.2, 0.25) is 0 Å². The van der Waals surface area contributed by atoms with E-state index >= 15 is 0 Å². The second kappa shape index (κ2) is 5.56. The molecule has 1 heterocycles. The largest absolute Gasteiger partial charge is 0.291 e. The van der Waals surface area contributed by atoms with Crippen molar-refractivity contribution in [2.45, 2.75) is 32.6 Å². The Morgan fingerprint density at radius 2 is 2.33 bits per heavy atom. The van der Waals surface area contributed by atoms with E-state index in [4.69, 9.17) is 11.6 Å². The molecule has 1 aromatic rings. The normalized spacial score (nSPS) is 11.0. The maximum absolute atomic E-state index is 11.8. The minimum atomic E-state index is 0.0537. The summed E-state index contributed by atoms with van der Waals surface area (Å²) >= 11 is 7.54. The Kier molecular flexibility index (Phi) is 4.67. The first-order valence-electron chi connectivity index (χ1n) is 4.92. The van der Waals surface area contributed by atoms with Gasteiger partial charge < -0.3 is 0 Å². The molecule has 1 rings (SSSR count). The van der Waals surface area contributed by atoms with Gasteiger partial charge in [-0.25, -0.2) is 0 Å². The molecule has 3 nitrogen and oxygen atoms in total. The van der Waals surface area contributed by atoms with Crippen LogP contribution >= 0.6 is 23.4 Å². The van der Waals surface area contributed by atoms with Gasteiger partial charge in [0.25, 0.3) is 0 Å². The van der Waals surface area contributed by atoms with Crippen LogP contribution < -0.4 is 0 Å². The van der Waals surface area contributed by atoms with Gasteiger partial charge in [-0.1, -0.05) is 25.4 Å². The molecule has 0 fully saturated rings. The SMILES string of the molecule is CCn1ncc(Cl)c1C(=O)CSC(C)C. The van der Waals surface area contributed by atoms with Gasteiger partial charge in [-0.05, 0) is 12.2 Å². The first kappa shape index (κ1) is 12.6. The van der Waals surface area contributed by atoms with Gasteiger partial charge in [-0.15, -0.1) is 0 Å². The van der Waals surface area contributed by atoms with Gasteiger partial charge in [0.1, 0.15) is 5.69 Å². The van der Waals surface area contributed by atoms with Crippen LogP contribution in [0.5, 0.6) is 0 Å². The summed E-state index contributed by atoms with van der Waals surface area (Å²) < 4.78 is 1.64. The zero-order chi connectivity index (χ0) is 11.4. The lowest BCUT2D eigenvalue weighted by atomic mass is 10.3. The number of carbonyl (C=O) groups excluding carboxylic acids is 1. The maximum Gasteiger partial charge on any atom is 0.192 e. The van der Waals surface area contributed by atoms with Crippen LogP contribution in [0.3, 0.4) is 0 Å². The molecule has 0 bridgehead atoms. The summed E-state index contributed by atoms with van der Waals surface area (Å²) in [5.74, 6) is 0.515. The summed E-state index contributed by atoms with van der Waals surface area (Å²) in [6.07, 6.45) is 1.53. The lowest BCUT2D eigenvalue weighted by Gasteiger charge is -2.06. The lowest BCUT2D eigenvalue weighted by molar-refractivity contribution is 0.101. The number of hydrogen-bond donors (Lipinski definition) is 0. The van der Waals surface area contributed by atoms with Crippen molar-refractivity contribution in [3.63, 3.8) is 0 Å². The van der Waals surface area contributed by atoms with Crippen LogP contribution in [0.4, 0.5) is 0 Å². The summed E-state index contributed by atoms with van der Waals surface area (Å²) in [6.45, 7) is 6.74. The van der Waals surface area contributed by atoms with Gasteiger partial charge in [-0.2, -0.15) is 16.9 Å². The number of ketones is 1. The molecule has 0 saturated carbocycles. The molecule has 5 heteroatoms. The van der Waals surface area contributed by atoms with Crippen molar-refractivity contribution in [3.8, 4) is 0 Å². The molecular formula is C10H15ClN2OS. The predicted molar refractivity (Wildman–Crippen MR) is 64.8 cm³/mol. The summed E-state index contributed by atoms with van der Waals surface area (Å²) in [5, 5.41) is 4.94. The highest BCUT2D eigenvalue weighted by atomic mass is 35.5. The van der Waals surface area contributed by atoms with Crippen molar-refractivity contribution >= 4 is 29.1 Å². The van der Waals surface area contributed by atoms with Crippen molar-refractivity contribution in [1.82, 2.24) is 9.78 Å². The minimum absolute atomic E-state index is 0.0537. The first-order chi connectivity index (χ1) is 7.06. The third-order valence-electron chi connectivity index (χ3n) is 1.91. The van der Waals surface area contributed by atoms with Gasteiger partial charge in [0, 0.05) is 6.54 Å². The van der Waals surface area contributed by atoms with E-state index in [1.807, 2.05) is 6.92 Å². The lowest BCUT2D eigenvalue weighted by Crippen LogP contribution is -2.12. The average Bonchev–Trinajstić information content (AvgIpc) is 2.56. The van der Waals surface area contributed by atoms with Crippen LogP contribution in [0.15, 0.2) is 6.20 Å². The number of carbonyl (C=O) groups is 1. The van der Waals surface area contributed by atoms with E-state index in [0.29, 0.717) is 28.3 Å². The van der Waals surface area contributed by atoms with Crippen LogP contribution in [-0.2, 0) is 6.54 Å². The number of hydrogen-bond acceptors (Lipinski definition) is 3. The van der Waals surface area contributed by atoms with Crippen molar-refractivity contribution in [2.24, 2.45) is 0 Å². The van der Waals surface area contributed by atoms with E-state index in [-0.39, 0.29) is 5.78 Å². The van der Waals surface area contributed by atoms with Gasteiger partial charge in [0.15, 0.2) is 5.78 Å². The zero-order valence-electron chi connectivity index (χ0n) is 9.16. The number of aryl methyl sites for hydroxylation is 1. The third-order valence-corrected chi connectivity index (χ3v) is 3.28. The number of Topliss-reactive ketones (excluding diaryl/α,β-unsaturated/α-hetero) is 1. The molecule has 1 aromatic heterocycles. The van der Waals surface area contributed by atoms with E-state index in [9.17, 15) is 4.79 Å². The second-order valence-electron chi connectivity index (χ2n) is 3.44. The quantitative estimate of drug-likeness (QED) is 0.750. The fourth-order valence-electron chi connectivity index (χ4n) is 1.19. The highest BCUT2D eigenvalue weighted by Gasteiger charge is 2.16. The summed E-state index contributed by atoms with van der Waals surface area (Å²) in [6, 6.07) is 0. The highest BCUT2D eigenvalue weighted by molar-refractivity contribution is 8.00. The van der Waals surface area contributed by atoms with E-state index in [2.05, 4.69) is 18.9 Å². The van der Waals surface area contributed by atoms with Crippen LogP contribution in [0.25, 0.3) is 0 Å². The molecule has 15 heavy (non-hydrogen) atoms. The number of halogens is 1. The predicted octanol–water partition coefficient (Wildman–Crippen LogP) is 2.88. The van der Waals surface area contributed by atoms with E-state index in [1.54, 1.807) is 16.4 Å². The van der Waals surface area contributed by atoms with Crippen molar-refractivity contribution < 1.29 is 4.79 Å². The average molecular weight is 247 g/mol. The fourth-order valence-corrected chi connectivity index (χ4v) is 2.06. The van der Waals surface area contributed by atoms with Gasteiger partial charge in [-0.3, -0.25) is 9.48 Å². The molecule has 0 aliphatic carbocycles. The highest BCUT2D eigenvalue weighted by Crippen LogP contribution is 2.19. The monoisotopic (exact) mass is 246 g/mol. The third kappa shape index (κ3) is 3.24. The number of aromatic nitrogens is 2. The Morgan fingerprint density at radius 1 is 1.67 bits per heavy atom. The van der Waals surface area contributed by atoms with Crippen molar-refractivity contribution in [1.29, 1.82) is 0 Å². The summed E-state index contributed by atoms with van der Waals surface area (Å²) in [5.41, 5.74) is 0.535. The van der Waals surface area contributed by atoms with Crippen LogP contribution in [-0.4, -0.2) is 26.6 Å². The minimum Gasteiger partial charge on any atom is -0.291 e. The standard InChI is InChI=1S/C10H15ClN2OS/c1-4-13-10(8(11)5-12-13)9(14)6-15-7(2)3/h5,7H,4,6H2,1-3H3. The summed E-state index contributed by atoms with van der Waals surface area (Å²) in [4.78, 5) is 11.8. The molecule has 0 N–H and O–H groups in total. The molecule has 0 aromatic carbocycles. The topological polar surface area (TPSA) is 34.9 Å². The number of rotatable bonds is 5. The first-order valence-corrected chi connectivity index (χ1v) is 6.35. The molecule has 0 amide bonds. The Morgan fingerprint density at radius 3 is 2.87 bits per heavy atom.